The molecule has 0 saturated heterocycles. The lowest BCUT2D eigenvalue weighted by Gasteiger charge is -2.21. The van der Waals surface area contributed by atoms with Crippen molar-refractivity contribution in [3.05, 3.63) is 42.1 Å². The molecule has 1 unspecified atom stereocenters. The molecule has 0 radical (unpaired) electrons. The van der Waals surface area contributed by atoms with E-state index in [1.54, 1.807) is 13.1 Å². The minimum atomic E-state index is -0.994. The van der Waals surface area contributed by atoms with Crippen molar-refractivity contribution < 1.29 is 9.90 Å². The fourth-order valence-electron chi connectivity index (χ4n) is 1.97. The molecule has 0 saturated carbocycles. The van der Waals surface area contributed by atoms with Gasteiger partial charge < -0.3 is 9.90 Å². The van der Waals surface area contributed by atoms with Crippen molar-refractivity contribution in [2.45, 2.75) is 25.4 Å². The zero-order chi connectivity index (χ0) is 12.3. The van der Waals surface area contributed by atoms with Crippen LogP contribution in [0.1, 0.15) is 18.9 Å². The standard InChI is InChI=1S/C14H15NO2/c1-14(17,7-9-16)10-11-6-8-15-13-5-3-2-4-12(11)13/h2-6,8-9,17H,7,10H2,1H3. The third-order valence-electron chi connectivity index (χ3n) is 2.83. The van der Waals surface area contributed by atoms with Gasteiger partial charge in [0.05, 0.1) is 11.1 Å². The van der Waals surface area contributed by atoms with E-state index >= 15 is 0 Å². The highest BCUT2D eigenvalue weighted by atomic mass is 16.3. The summed E-state index contributed by atoms with van der Waals surface area (Å²) in [5.74, 6) is 0. The second-order valence-corrected chi connectivity index (χ2v) is 4.53. The van der Waals surface area contributed by atoms with Gasteiger partial charge in [0.15, 0.2) is 0 Å². The van der Waals surface area contributed by atoms with Crippen molar-refractivity contribution in [1.82, 2.24) is 4.98 Å². The van der Waals surface area contributed by atoms with Crippen LogP contribution in [0.15, 0.2) is 36.5 Å². The van der Waals surface area contributed by atoms with Crippen molar-refractivity contribution in [3.63, 3.8) is 0 Å². The average molecular weight is 229 g/mol. The molecule has 1 heterocycles. The highest BCUT2D eigenvalue weighted by molar-refractivity contribution is 5.81. The van der Waals surface area contributed by atoms with Crippen LogP contribution >= 0.6 is 0 Å². The van der Waals surface area contributed by atoms with Gasteiger partial charge in [0.25, 0.3) is 0 Å². The number of aromatic nitrogens is 1. The molecule has 3 heteroatoms. The number of carbonyl (C=O) groups is 1. The van der Waals surface area contributed by atoms with Crippen LogP contribution < -0.4 is 0 Å². The quantitative estimate of drug-likeness (QED) is 0.817. The first-order valence-electron chi connectivity index (χ1n) is 5.61. The Labute approximate surface area is 100 Å². The number of nitrogens with zero attached hydrogens (tertiary/aromatic N) is 1. The molecule has 88 valence electrons. The number of pyridine rings is 1. The fraction of sp³-hybridized carbons (Fsp3) is 0.286. The highest BCUT2D eigenvalue weighted by Crippen LogP contribution is 2.22. The molecule has 0 amide bonds. The number of aliphatic hydroxyl groups is 1. The van der Waals surface area contributed by atoms with Crippen LogP contribution in [0.4, 0.5) is 0 Å². The molecule has 0 bridgehead atoms. The molecular formula is C14H15NO2. The number of aldehydes is 1. The summed E-state index contributed by atoms with van der Waals surface area (Å²) >= 11 is 0. The maximum Gasteiger partial charge on any atom is 0.122 e. The van der Waals surface area contributed by atoms with Crippen molar-refractivity contribution >= 4 is 17.2 Å². The molecule has 0 aliphatic carbocycles. The van der Waals surface area contributed by atoms with Gasteiger partial charge in [-0.15, -0.1) is 0 Å². The molecule has 17 heavy (non-hydrogen) atoms. The zero-order valence-electron chi connectivity index (χ0n) is 9.76. The predicted octanol–water partition coefficient (Wildman–Crippen LogP) is 2.12. The van der Waals surface area contributed by atoms with E-state index < -0.39 is 5.60 Å². The summed E-state index contributed by atoms with van der Waals surface area (Å²) in [7, 11) is 0. The molecule has 2 rings (SSSR count). The fourth-order valence-corrected chi connectivity index (χ4v) is 1.97. The molecule has 0 aliphatic rings. The van der Waals surface area contributed by atoms with Crippen molar-refractivity contribution in [3.8, 4) is 0 Å². The first-order valence-corrected chi connectivity index (χ1v) is 5.61. The lowest BCUT2D eigenvalue weighted by atomic mass is 9.92. The maximum atomic E-state index is 10.5. The number of hydrogen-bond donors (Lipinski definition) is 1. The summed E-state index contributed by atoms with van der Waals surface area (Å²) in [4.78, 5) is 14.8. The predicted molar refractivity (Wildman–Crippen MR) is 66.8 cm³/mol. The monoisotopic (exact) mass is 229 g/mol. The van der Waals surface area contributed by atoms with Crippen LogP contribution in [-0.2, 0) is 11.2 Å². The van der Waals surface area contributed by atoms with E-state index in [-0.39, 0.29) is 6.42 Å². The molecule has 1 atom stereocenters. The van der Waals surface area contributed by atoms with Gasteiger partial charge in [-0.2, -0.15) is 0 Å². The lowest BCUT2D eigenvalue weighted by Crippen LogP contribution is -2.27. The van der Waals surface area contributed by atoms with Crippen LogP contribution in [0.3, 0.4) is 0 Å². The molecule has 3 nitrogen and oxygen atoms in total. The Morgan fingerprint density at radius 1 is 1.35 bits per heavy atom. The van der Waals surface area contributed by atoms with Crippen LogP contribution in [0.2, 0.25) is 0 Å². The Bertz CT molecular complexity index is 529. The number of rotatable bonds is 4. The van der Waals surface area contributed by atoms with E-state index in [1.165, 1.54) is 0 Å². The smallest absolute Gasteiger partial charge is 0.122 e. The van der Waals surface area contributed by atoms with Crippen molar-refractivity contribution in [2.24, 2.45) is 0 Å². The Morgan fingerprint density at radius 3 is 2.88 bits per heavy atom. The van der Waals surface area contributed by atoms with Crippen LogP contribution in [0.5, 0.6) is 0 Å². The minimum Gasteiger partial charge on any atom is -0.389 e. The Hall–Kier alpha value is -1.74. The number of hydrogen-bond acceptors (Lipinski definition) is 3. The van der Waals surface area contributed by atoms with E-state index in [9.17, 15) is 9.90 Å². The highest BCUT2D eigenvalue weighted by Gasteiger charge is 2.21. The summed E-state index contributed by atoms with van der Waals surface area (Å²) in [6.07, 6.45) is 3.08. The summed E-state index contributed by atoms with van der Waals surface area (Å²) in [5.41, 5.74) is 0.931. The molecular weight excluding hydrogens is 214 g/mol. The Morgan fingerprint density at radius 2 is 2.12 bits per heavy atom. The largest absolute Gasteiger partial charge is 0.389 e. The molecule has 0 fully saturated rings. The van der Waals surface area contributed by atoms with Gasteiger partial charge in [0, 0.05) is 24.4 Å². The Kier molecular flexibility index (Phi) is 3.20. The summed E-state index contributed by atoms with van der Waals surface area (Å²) < 4.78 is 0. The summed E-state index contributed by atoms with van der Waals surface area (Å²) in [6.45, 7) is 1.68. The second-order valence-electron chi connectivity index (χ2n) is 4.53. The van der Waals surface area contributed by atoms with E-state index in [1.807, 2.05) is 30.3 Å². The number of para-hydroxylation sites is 1. The van der Waals surface area contributed by atoms with Gasteiger partial charge in [-0.3, -0.25) is 4.98 Å². The van der Waals surface area contributed by atoms with Crippen LogP contribution in [-0.4, -0.2) is 22.0 Å². The zero-order valence-corrected chi connectivity index (χ0v) is 9.76. The van der Waals surface area contributed by atoms with Crippen LogP contribution in [0, 0.1) is 0 Å². The topological polar surface area (TPSA) is 50.2 Å². The lowest BCUT2D eigenvalue weighted by molar-refractivity contribution is -0.111. The molecule has 1 N–H and O–H groups in total. The SMILES string of the molecule is CC(O)(CC=O)Cc1ccnc2ccccc12. The second kappa shape index (κ2) is 4.63. The molecule has 1 aromatic carbocycles. The number of carbonyl (C=O) groups excluding carboxylic acids is 1. The van der Waals surface area contributed by atoms with Gasteiger partial charge in [0.2, 0.25) is 0 Å². The third kappa shape index (κ3) is 2.68. The van der Waals surface area contributed by atoms with E-state index in [0.717, 1.165) is 22.8 Å². The number of benzene rings is 1. The summed E-state index contributed by atoms with van der Waals surface area (Å²) in [5, 5.41) is 11.1. The Balaban J connectivity index is 2.39. The van der Waals surface area contributed by atoms with Gasteiger partial charge in [-0.05, 0) is 24.6 Å². The van der Waals surface area contributed by atoms with Crippen LogP contribution in [0.25, 0.3) is 10.9 Å². The third-order valence-corrected chi connectivity index (χ3v) is 2.83. The van der Waals surface area contributed by atoms with Gasteiger partial charge in [-0.1, -0.05) is 18.2 Å². The molecule has 1 aromatic heterocycles. The number of fused-ring (bicyclic) bond motifs is 1. The van der Waals surface area contributed by atoms with E-state index in [4.69, 9.17) is 0 Å². The summed E-state index contributed by atoms with van der Waals surface area (Å²) in [6, 6.07) is 9.69. The molecule has 0 spiro atoms. The van der Waals surface area contributed by atoms with Crippen molar-refractivity contribution in [2.75, 3.05) is 0 Å². The van der Waals surface area contributed by atoms with Gasteiger partial charge >= 0.3 is 0 Å². The first-order chi connectivity index (χ1) is 8.12. The van der Waals surface area contributed by atoms with Gasteiger partial charge in [-0.25, -0.2) is 0 Å². The normalized spacial score (nSPS) is 14.5. The van der Waals surface area contributed by atoms with E-state index in [2.05, 4.69) is 4.98 Å². The van der Waals surface area contributed by atoms with Crippen molar-refractivity contribution in [1.29, 1.82) is 0 Å². The molecule has 2 aromatic rings. The average Bonchev–Trinajstić information content (AvgIpc) is 2.29. The maximum absolute atomic E-state index is 10.5. The first kappa shape index (κ1) is 11.7. The minimum absolute atomic E-state index is 0.143. The van der Waals surface area contributed by atoms with E-state index in [0.29, 0.717) is 6.42 Å². The molecule has 0 aliphatic heterocycles. The van der Waals surface area contributed by atoms with Gasteiger partial charge in [0.1, 0.15) is 6.29 Å².